The van der Waals surface area contributed by atoms with E-state index in [-0.39, 0.29) is 50.2 Å². The van der Waals surface area contributed by atoms with Gasteiger partial charge in [-0.2, -0.15) is 0 Å². The van der Waals surface area contributed by atoms with Gasteiger partial charge in [0.05, 0.1) is 4.83 Å². The van der Waals surface area contributed by atoms with Crippen LogP contribution < -0.4 is 4.74 Å². The predicted octanol–water partition coefficient (Wildman–Crippen LogP) is 3.59. The van der Waals surface area contributed by atoms with Crippen LogP contribution >= 0.6 is 31.9 Å². The maximum absolute atomic E-state index is 12.2. The minimum absolute atomic E-state index is 0. The molecule has 0 fully saturated rings. The molecule has 7 heteroatoms. The van der Waals surface area contributed by atoms with E-state index < -0.39 is 0 Å². The predicted molar refractivity (Wildman–Crippen MR) is 88.0 cm³/mol. The third kappa shape index (κ3) is 4.63. The summed E-state index contributed by atoms with van der Waals surface area (Å²) in [5, 5.41) is 0. The zero-order valence-corrected chi connectivity index (χ0v) is 18.4. The van der Waals surface area contributed by atoms with Gasteiger partial charge in [-0.25, -0.2) is 6.08 Å². The first-order valence-corrected chi connectivity index (χ1v) is 8.27. The van der Waals surface area contributed by atoms with E-state index in [1.54, 1.807) is 12.0 Å². The minimum atomic E-state index is -0.190. The van der Waals surface area contributed by atoms with Gasteiger partial charge in [0, 0.05) is 46.4 Å². The molecule has 1 heterocycles. The molecule has 0 spiro atoms. The van der Waals surface area contributed by atoms with Gasteiger partial charge in [0.1, 0.15) is 5.75 Å². The SMILES string of the molecule is CCN1C(=O)C(Br)C[C-]=C1c1ccc(OCOC)cc1Br.[Y]. The summed E-state index contributed by atoms with van der Waals surface area (Å²) < 4.78 is 11.1. The van der Waals surface area contributed by atoms with Gasteiger partial charge in [0.2, 0.25) is 5.91 Å². The van der Waals surface area contributed by atoms with Crippen molar-refractivity contribution in [3.63, 3.8) is 0 Å². The monoisotopic (exact) mass is 505 g/mol. The molecule has 0 bridgehead atoms. The molecule has 4 nitrogen and oxygen atoms in total. The van der Waals surface area contributed by atoms with Crippen LogP contribution in [0.5, 0.6) is 5.75 Å². The van der Waals surface area contributed by atoms with Crippen molar-refractivity contribution in [2.75, 3.05) is 20.4 Å². The van der Waals surface area contributed by atoms with E-state index in [1.165, 1.54) is 0 Å². The van der Waals surface area contributed by atoms with Crippen LogP contribution in [0.15, 0.2) is 22.7 Å². The largest absolute Gasteiger partial charge is 0.468 e. The van der Waals surface area contributed by atoms with Gasteiger partial charge in [-0.15, -0.1) is 17.3 Å². The van der Waals surface area contributed by atoms with Gasteiger partial charge in [-0.05, 0) is 19.1 Å². The van der Waals surface area contributed by atoms with Crippen LogP contribution in [-0.4, -0.2) is 36.1 Å². The molecule has 1 aromatic carbocycles. The number of allylic oxidation sites excluding steroid dienone is 1. The molecule has 0 N–H and O–H groups in total. The number of hydrogen-bond donors (Lipinski definition) is 0. The van der Waals surface area contributed by atoms with E-state index in [1.807, 2.05) is 25.1 Å². The molecule has 1 aliphatic rings. The van der Waals surface area contributed by atoms with Crippen molar-refractivity contribution in [3.05, 3.63) is 34.3 Å². The van der Waals surface area contributed by atoms with Crippen molar-refractivity contribution in [2.45, 2.75) is 18.2 Å². The Labute approximate surface area is 172 Å². The van der Waals surface area contributed by atoms with Crippen molar-refractivity contribution < 1.29 is 47.0 Å². The smallest absolute Gasteiger partial charge is 0.236 e. The summed E-state index contributed by atoms with van der Waals surface area (Å²) in [6.45, 7) is 2.76. The molecule has 1 aromatic rings. The van der Waals surface area contributed by atoms with E-state index in [9.17, 15) is 4.79 Å². The molecule has 1 radical (unpaired) electrons. The maximum atomic E-state index is 12.2. The fourth-order valence-electron chi connectivity index (χ4n) is 2.11. The Morgan fingerprint density at radius 2 is 2.18 bits per heavy atom. The zero-order valence-electron chi connectivity index (χ0n) is 12.4. The number of carbonyl (C=O) groups is 1. The zero-order chi connectivity index (χ0) is 15.4. The Bertz CT molecular complexity index is 566. The summed E-state index contributed by atoms with van der Waals surface area (Å²) in [4.78, 5) is 13.8. The topological polar surface area (TPSA) is 38.8 Å². The van der Waals surface area contributed by atoms with Crippen LogP contribution in [-0.2, 0) is 42.2 Å². The first-order chi connectivity index (χ1) is 10.1. The van der Waals surface area contributed by atoms with Crippen molar-refractivity contribution in [3.8, 4) is 5.75 Å². The molecular weight excluding hydrogens is 491 g/mol. The fourth-order valence-corrected chi connectivity index (χ4v) is 3.06. The van der Waals surface area contributed by atoms with E-state index in [0.717, 1.165) is 15.7 Å². The number of benzene rings is 1. The molecule has 1 atom stereocenters. The summed E-state index contributed by atoms with van der Waals surface area (Å²) in [5.74, 6) is 0.773. The third-order valence-electron chi connectivity index (χ3n) is 3.11. The number of ether oxygens (including phenoxy) is 2. The molecular formula is C15H16Br2NO3Y-. The number of nitrogens with zero attached hydrogens (tertiary/aromatic N) is 1. The fraction of sp³-hybridized carbons (Fsp3) is 0.400. The van der Waals surface area contributed by atoms with E-state index >= 15 is 0 Å². The molecule has 0 aromatic heterocycles. The van der Waals surface area contributed by atoms with Crippen LogP contribution in [0, 0.1) is 6.08 Å². The molecule has 22 heavy (non-hydrogen) atoms. The van der Waals surface area contributed by atoms with Crippen LogP contribution in [0.4, 0.5) is 0 Å². The van der Waals surface area contributed by atoms with Gasteiger partial charge in [0.25, 0.3) is 0 Å². The van der Waals surface area contributed by atoms with Gasteiger partial charge in [-0.1, -0.05) is 42.8 Å². The first-order valence-electron chi connectivity index (χ1n) is 6.56. The van der Waals surface area contributed by atoms with E-state index in [0.29, 0.717) is 18.7 Å². The number of hydrogen-bond acceptors (Lipinski definition) is 3. The Morgan fingerprint density at radius 3 is 2.77 bits per heavy atom. The third-order valence-corrected chi connectivity index (χ3v) is 4.48. The van der Waals surface area contributed by atoms with E-state index in [2.05, 4.69) is 37.9 Å². The summed E-state index contributed by atoms with van der Waals surface area (Å²) in [6, 6.07) is 5.63. The molecule has 0 saturated heterocycles. The molecule has 1 aliphatic heterocycles. The summed E-state index contributed by atoms with van der Waals surface area (Å²) >= 11 is 6.92. The van der Waals surface area contributed by atoms with Gasteiger partial charge < -0.3 is 14.4 Å². The van der Waals surface area contributed by atoms with Crippen molar-refractivity contribution >= 4 is 43.5 Å². The number of alkyl halides is 1. The second-order valence-corrected chi connectivity index (χ2v) is 6.43. The van der Waals surface area contributed by atoms with Gasteiger partial charge in [-0.3, -0.25) is 4.79 Å². The molecule has 0 saturated carbocycles. The molecule has 0 aliphatic carbocycles. The van der Waals surface area contributed by atoms with E-state index in [4.69, 9.17) is 9.47 Å². The molecule has 117 valence electrons. The Morgan fingerprint density at radius 1 is 1.45 bits per heavy atom. The number of amides is 1. The minimum Gasteiger partial charge on any atom is -0.468 e. The summed E-state index contributed by atoms with van der Waals surface area (Å²) in [6.07, 6.45) is 3.87. The summed E-state index contributed by atoms with van der Waals surface area (Å²) in [5.41, 5.74) is 1.73. The van der Waals surface area contributed by atoms with Gasteiger partial charge >= 0.3 is 0 Å². The average molecular weight is 507 g/mol. The first kappa shape index (κ1) is 20.3. The Hall–Kier alpha value is 0.254. The normalized spacial score (nSPS) is 17.8. The standard InChI is InChI=1S/C15H16Br2NO3.Y/c1-3-18-14(7-6-12(16)15(18)19)11-5-4-10(8-13(11)17)21-9-20-2;/h4-5,8,12H,3,6,9H2,1-2H3;/q-1;. The van der Waals surface area contributed by atoms with Gasteiger partial charge in [0.15, 0.2) is 6.79 Å². The van der Waals surface area contributed by atoms with Crippen molar-refractivity contribution in [1.29, 1.82) is 0 Å². The number of methoxy groups -OCH3 is 1. The number of halogens is 2. The Balaban J connectivity index is 0.00000242. The van der Waals surface area contributed by atoms with Crippen LogP contribution in [0.2, 0.25) is 0 Å². The molecule has 2 rings (SSSR count). The maximum Gasteiger partial charge on any atom is 0.236 e. The van der Waals surface area contributed by atoms with Crippen molar-refractivity contribution in [1.82, 2.24) is 4.90 Å². The quantitative estimate of drug-likeness (QED) is 0.348. The summed E-state index contributed by atoms with van der Waals surface area (Å²) in [7, 11) is 1.58. The van der Waals surface area contributed by atoms with Crippen LogP contribution in [0.3, 0.4) is 0 Å². The van der Waals surface area contributed by atoms with Crippen LogP contribution in [0.1, 0.15) is 18.9 Å². The van der Waals surface area contributed by atoms with Crippen LogP contribution in [0.25, 0.3) is 5.70 Å². The van der Waals surface area contributed by atoms with Crippen molar-refractivity contribution in [2.24, 2.45) is 0 Å². The second-order valence-electron chi connectivity index (χ2n) is 4.47. The second kappa shape index (κ2) is 9.53. The molecule has 1 unspecified atom stereocenters. The molecule has 1 amide bonds. The number of rotatable bonds is 5. The number of carbonyl (C=O) groups excluding carboxylic acids is 1. The Kier molecular flexibility index (Phi) is 8.79. The average Bonchev–Trinajstić information content (AvgIpc) is 2.48.